The fourth-order valence-corrected chi connectivity index (χ4v) is 1.87. The Labute approximate surface area is 113 Å². The van der Waals surface area contributed by atoms with Gasteiger partial charge in [0.1, 0.15) is 11.4 Å². The number of ether oxygens (including phenoxy) is 1. The van der Waals surface area contributed by atoms with Gasteiger partial charge in [-0.3, -0.25) is 9.78 Å². The molecule has 3 nitrogen and oxygen atoms in total. The fraction of sp³-hybridized carbons (Fsp3) is 0.250. The zero-order valence-electron chi connectivity index (χ0n) is 11.0. The van der Waals surface area contributed by atoms with Gasteiger partial charge in [-0.2, -0.15) is 0 Å². The second kappa shape index (κ2) is 6.69. The summed E-state index contributed by atoms with van der Waals surface area (Å²) in [4.78, 5) is 16.0. The molecule has 0 atom stereocenters. The summed E-state index contributed by atoms with van der Waals surface area (Å²) in [5.41, 5.74) is 1.64. The molecule has 1 heterocycles. The van der Waals surface area contributed by atoms with E-state index in [0.717, 1.165) is 11.3 Å². The molecule has 98 valence electrons. The molecule has 0 aliphatic rings. The lowest BCUT2D eigenvalue weighted by atomic mass is 10.1. The Hall–Kier alpha value is -2.16. The lowest BCUT2D eigenvalue weighted by Crippen LogP contribution is -2.03. The molecule has 0 fully saturated rings. The van der Waals surface area contributed by atoms with Crippen molar-refractivity contribution in [3.63, 3.8) is 0 Å². The van der Waals surface area contributed by atoms with Gasteiger partial charge in [-0.05, 0) is 43.2 Å². The first-order valence-corrected chi connectivity index (χ1v) is 6.45. The molecule has 1 aromatic heterocycles. The fourth-order valence-electron chi connectivity index (χ4n) is 1.87. The van der Waals surface area contributed by atoms with Crippen molar-refractivity contribution >= 4 is 5.78 Å². The third-order valence-corrected chi connectivity index (χ3v) is 2.80. The zero-order chi connectivity index (χ0) is 13.5. The van der Waals surface area contributed by atoms with Crippen LogP contribution in [-0.2, 0) is 6.42 Å². The standard InChI is InChI=1S/C16H17NO2/c1-2-19-14-7-5-6-13(12-14)9-10-16(18)15-8-3-4-11-17-15/h3-8,11-12H,2,9-10H2,1H3. The molecule has 1 aromatic carbocycles. The summed E-state index contributed by atoms with van der Waals surface area (Å²) in [7, 11) is 0. The first-order chi connectivity index (χ1) is 9.29. The van der Waals surface area contributed by atoms with E-state index in [2.05, 4.69) is 4.98 Å². The highest BCUT2D eigenvalue weighted by Crippen LogP contribution is 2.15. The molecule has 0 bridgehead atoms. The molecule has 0 aliphatic heterocycles. The Bertz CT molecular complexity index is 537. The smallest absolute Gasteiger partial charge is 0.181 e. The average Bonchev–Trinajstić information content (AvgIpc) is 2.46. The number of benzene rings is 1. The molecule has 0 radical (unpaired) electrons. The Morgan fingerprint density at radius 3 is 2.84 bits per heavy atom. The molecule has 19 heavy (non-hydrogen) atoms. The quantitative estimate of drug-likeness (QED) is 0.743. The first kappa shape index (κ1) is 13.3. The summed E-state index contributed by atoms with van der Waals surface area (Å²) < 4.78 is 5.44. The van der Waals surface area contributed by atoms with E-state index < -0.39 is 0 Å². The van der Waals surface area contributed by atoms with Gasteiger partial charge in [-0.1, -0.05) is 18.2 Å². The predicted molar refractivity (Wildman–Crippen MR) is 74.5 cm³/mol. The van der Waals surface area contributed by atoms with Gasteiger partial charge in [0.2, 0.25) is 0 Å². The number of hydrogen-bond donors (Lipinski definition) is 0. The third-order valence-electron chi connectivity index (χ3n) is 2.80. The van der Waals surface area contributed by atoms with Crippen molar-refractivity contribution in [3.8, 4) is 5.75 Å². The molecule has 2 aromatic rings. The minimum Gasteiger partial charge on any atom is -0.494 e. The van der Waals surface area contributed by atoms with E-state index in [-0.39, 0.29) is 5.78 Å². The van der Waals surface area contributed by atoms with Crippen LogP contribution in [0.3, 0.4) is 0 Å². The highest BCUT2D eigenvalue weighted by molar-refractivity contribution is 5.94. The highest BCUT2D eigenvalue weighted by atomic mass is 16.5. The van der Waals surface area contributed by atoms with Crippen LogP contribution in [0.2, 0.25) is 0 Å². The van der Waals surface area contributed by atoms with Crippen LogP contribution in [0.1, 0.15) is 29.4 Å². The first-order valence-electron chi connectivity index (χ1n) is 6.45. The van der Waals surface area contributed by atoms with E-state index in [9.17, 15) is 4.79 Å². The van der Waals surface area contributed by atoms with Crippen LogP contribution >= 0.6 is 0 Å². The maximum atomic E-state index is 11.9. The summed E-state index contributed by atoms with van der Waals surface area (Å²) in [6.45, 7) is 2.60. The minimum atomic E-state index is 0.0717. The van der Waals surface area contributed by atoms with Gasteiger partial charge < -0.3 is 4.74 Å². The van der Waals surface area contributed by atoms with Gasteiger partial charge in [0.05, 0.1) is 6.61 Å². The van der Waals surface area contributed by atoms with E-state index in [1.807, 2.05) is 43.3 Å². The van der Waals surface area contributed by atoms with Gasteiger partial charge in [-0.25, -0.2) is 0 Å². The minimum absolute atomic E-state index is 0.0717. The normalized spacial score (nSPS) is 10.2. The van der Waals surface area contributed by atoms with Crippen LogP contribution in [0.15, 0.2) is 48.7 Å². The number of aryl methyl sites for hydroxylation is 1. The number of hydrogen-bond acceptors (Lipinski definition) is 3. The molecular formula is C16H17NO2. The molecule has 0 saturated heterocycles. The van der Waals surface area contributed by atoms with Gasteiger partial charge in [0, 0.05) is 12.6 Å². The summed E-state index contributed by atoms with van der Waals surface area (Å²) in [5, 5.41) is 0. The number of carbonyl (C=O) groups is 1. The molecule has 0 aliphatic carbocycles. The number of aromatic nitrogens is 1. The van der Waals surface area contributed by atoms with Crippen LogP contribution in [0, 0.1) is 0 Å². The summed E-state index contributed by atoms with van der Waals surface area (Å²) in [5.74, 6) is 0.924. The number of Topliss-reactive ketones (excluding diaryl/α,β-unsaturated/α-hetero) is 1. The Kier molecular flexibility index (Phi) is 4.67. The van der Waals surface area contributed by atoms with Crippen LogP contribution < -0.4 is 4.74 Å². The Balaban J connectivity index is 1.95. The predicted octanol–water partition coefficient (Wildman–Crippen LogP) is 3.30. The van der Waals surface area contributed by atoms with Crippen LogP contribution in [0.5, 0.6) is 5.75 Å². The van der Waals surface area contributed by atoms with Crippen molar-refractivity contribution in [2.75, 3.05) is 6.61 Å². The largest absolute Gasteiger partial charge is 0.494 e. The molecule has 2 rings (SSSR count). The maximum Gasteiger partial charge on any atom is 0.181 e. The number of carbonyl (C=O) groups excluding carboxylic acids is 1. The molecule has 0 spiro atoms. The van der Waals surface area contributed by atoms with Gasteiger partial charge in [0.15, 0.2) is 5.78 Å². The lowest BCUT2D eigenvalue weighted by Gasteiger charge is -2.05. The molecule has 0 saturated carbocycles. The van der Waals surface area contributed by atoms with Crippen molar-refractivity contribution in [1.29, 1.82) is 0 Å². The monoisotopic (exact) mass is 255 g/mol. The summed E-state index contributed by atoms with van der Waals surface area (Å²) in [6, 6.07) is 13.2. The van der Waals surface area contributed by atoms with Gasteiger partial charge in [-0.15, -0.1) is 0 Å². The van der Waals surface area contributed by atoms with Crippen molar-refractivity contribution in [3.05, 3.63) is 59.9 Å². The molecule has 3 heteroatoms. The number of nitrogens with zero attached hydrogens (tertiary/aromatic N) is 1. The zero-order valence-corrected chi connectivity index (χ0v) is 11.0. The number of rotatable bonds is 6. The van der Waals surface area contributed by atoms with Crippen molar-refractivity contribution in [2.24, 2.45) is 0 Å². The SMILES string of the molecule is CCOc1cccc(CCC(=O)c2ccccn2)c1. The average molecular weight is 255 g/mol. The molecule has 0 N–H and O–H groups in total. The van der Waals surface area contributed by atoms with Gasteiger partial charge >= 0.3 is 0 Å². The maximum absolute atomic E-state index is 11.9. The summed E-state index contributed by atoms with van der Waals surface area (Å²) in [6.07, 6.45) is 2.81. The van der Waals surface area contributed by atoms with Crippen molar-refractivity contribution in [1.82, 2.24) is 4.98 Å². The number of ketones is 1. The molecule has 0 unspecified atom stereocenters. The topological polar surface area (TPSA) is 39.2 Å². The van der Waals surface area contributed by atoms with E-state index in [1.54, 1.807) is 12.3 Å². The second-order valence-electron chi connectivity index (χ2n) is 4.22. The van der Waals surface area contributed by atoms with E-state index >= 15 is 0 Å². The van der Waals surface area contributed by atoms with Crippen LogP contribution in [-0.4, -0.2) is 17.4 Å². The molecular weight excluding hydrogens is 238 g/mol. The van der Waals surface area contributed by atoms with Gasteiger partial charge in [0.25, 0.3) is 0 Å². The summed E-state index contributed by atoms with van der Waals surface area (Å²) >= 11 is 0. The Morgan fingerprint density at radius 2 is 2.11 bits per heavy atom. The lowest BCUT2D eigenvalue weighted by molar-refractivity contribution is 0.0978. The Morgan fingerprint density at radius 1 is 1.21 bits per heavy atom. The van der Waals surface area contributed by atoms with E-state index in [4.69, 9.17) is 4.74 Å². The highest BCUT2D eigenvalue weighted by Gasteiger charge is 2.07. The number of pyridine rings is 1. The second-order valence-corrected chi connectivity index (χ2v) is 4.22. The van der Waals surface area contributed by atoms with Crippen LogP contribution in [0.4, 0.5) is 0 Å². The third kappa shape index (κ3) is 3.91. The van der Waals surface area contributed by atoms with Crippen molar-refractivity contribution < 1.29 is 9.53 Å². The molecule has 0 amide bonds. The van der Waals surface area contributed by atoms with E-state index in [1.165, 1.54) is 0 Å². The van der Waals surface area contributed by atoms with Crippen molar-refractivity contribution in [2.45, 2.75) is 19.8 Å². The van der Waals surface area contributed by atoms with E-state index in [0.29, 0.717) is 25.1 Å². The van der Waals surface area contributed by atoms with Crippen LogP contribution in [0.25, 0.3) is 0 Å².